The minimum absolute atomic E-state index is 0.0112. The molecular weight excluding hydrogens is 252 g/mol. The van der Waals surface area contributed by atoms with E-state index in [2.05, 4.69) is 0 Å². The van der Waals surface area contributed by atoms with E-state index in [9.17, 15) is 9.59 Å². The van der Waals surface area contributed by atoms with Crippen molar-refractivity contribution in [3.8, 4) is 0 Å². The SMILES string of the molecule is CCCCC(=O)OC(C(=O)CCCC)c1ccccc1. The van der Waals surface area contributed by atoms with Gasteiger partial charge in [-0.05, 0) is 18.4 Å². The zero-order valence-corrected chi connectivity index (χ0v) is 12.4. The summed E-state index contributed by atoms with van der Waals surface area (Å²) in [6.07, 6.45) is 3.61. The lowest BCUT2D eigenvalue weighted by Gasteiger charge is -2.17. The summed E-state index contributed by atoms with van der Waals surface area (Å²) in [5.74, 6) is -0.298. The average Bonchev–Trinajstić information content (AvgIpc) is 2.49. The molecule has 0 saturated carbocycles. The van der Waals surface area contributed by atoms with Crippen LogP contribution < -0.4 is 0 Å². The predicted octanol–water partition coefficient (Wildman–Crippen LogP) is 4.22. The molecule has 1 rings (SSSR count). The van der Waals surface area contributed by atoms with Gasteiger partial charge in [-0.15, -0.1) is 0 Å². The predicted molar refractivity (Wildman–Crippen MR) is 79.3 cm³/mol. The van der Waals surface area contributed by atoms with Crippen molar-refractivity contribution in [1.82, 2.24) is 0 Å². The number of hydrogen-bond donors (Lipinski definition) is 0. The summed E-state index contributed by atoms with van der Waals surface area (Å²) < 4.78 is 5.41. The molecule has 110 valence electrons. The molecule has 0 aliphatic carbocycles. The van der Waals surface area contributed by atoms with E-state index in [0.29, 0.717) is 12.8 Å². The van der Waals surface area contributed by atoms with Gasteiger partial charge in [-0.2, -0.15) is 0 Å². The van der Waals surface area contributed by atoms with Gasteiger partial charge in [-0.3, -0.25) is 9.59 Å². The fourth-order valence-electron chi connectivity index (χ4n) is 1.94. The van der Waals surface area contributed by atoms with Gasteiger partial charge in [-0.1, -0.05) is 57.0 Å². The number of unbranched alkanes of at least 4 members (excludes halogenated alkanes) is 2. The molecule has 0 amide bonds. The topological polar surface area (TPSA) is 43.4 Å². The summed E-state index contributed by atoms with van der Waals surface area (Å²) in [5.41, 5.74) is 0.762. The molecule has 0 saturated heterocycles. The fraction of sp³-hybridized carbons (Fsp3) is 0.529. The second kappa shape index (κ2) is 9.29. The Morgan fingerprint density at radius 3 is 2.20 bits per heavy atom. The Balaban J connectivity index is 2.74. The molecule has 3 heteroatoms. The quantitative estimate of drug-likeness (QED) is 0.634. The van der Waals surface area contributed by atoms with Gasteiger partial charge < -0.3 is 4.74 Å². The van der Waals surface area contributed by atoms with Crippen molar-refractivity contribution < 1.29 is 14.3 Å². The average molecular weight is 276 g/mol. The number of esters is 1. The van der Waals surface area contributed by atoms with Crippen LogP contribution in [-0.4, -0.2) is 11.8 Å². The second-order valence-corrected chi connectivity index (χ2v) is 4.95. The first kappa shape index (κ1) is 16.4. The van der Waals surface area contributed by atoms with Gasteiger partial charge in [0.2, 0.25) is 0 Å². The van der Waals surface area contributed by atoms with Crippen molar-refractivity contribution in [1.29, 1.82) is 0 Å². The third-order valence-corrected chi connectivity index (χ3v) is 3.16. The molecule has 0 fully saturated rings. The van der Waals surface area contributed by atoms with Crippen LogP contribution in [0.25, 0.3) is 0 Å². The molecule has 1 aromatic carbocycles. The molecule has 1 aromatic rings. The molecule has 0 bridgehead atoms. The highest BCUT2D eigenvalue weighted by molar-refractivity contribution is 5.86. The Hall–Kier alpha value is -1.64. The molecule has 0 radical (unpaired) electrons. The van der Waals surface area contributed by atoms with Crippen LogP contribution in [0.4, 0.5) is 0 Å². The van der Waals surface area contributed by atoms with E-state index in [1.165, 1.54) is 0 Å². The number of carbonyl (C=O) groups is 2. The Morgan fingerprint density at radius 2 is 1.60 bits per heavy atom. The Bertz CT molecular complexity index is 412. The van der Waals surface area contributed by atoms with E-state index < -0.39 is 6.10 Å². The lowest BCUT2D eigenvalue weighted by atomic mass is 10.0. The summed E-state index contributed by atoms with van der Waals surface area (Å²) in [6.45, 7) is 4.06. The smallest absolute Gasteiger partial charge is 0.306 e. The van der Waals surface area contributed by atoms with Crippen molar-refractivity contribution in [3.05, 3.63) is 35.9 Å². The number of carbonyl (C=O) groups excluding carboxylic acids is 2. The fourth-order valence-corrected chi connectivity index (χ4v) is 1.94. The van der Waals surface area contributed by atoms with Crippen molar-refractivity contribution in [2.45, 2.75) is 58.5 Å². The number of rotatable bonds is 9. The summed E-state index contributed by atoms with van der Waals surface area (Å²) in [4.78, 5) is 24.0. The van der Waals surface area contributed by atoms with Gasteiger partial charge in [0.25, 0.3) is 0 Å². The Labute approximate surface area is 121 Å². The summed E-state index contributed by atoms with van der Waals surface area (Å²) in [7, 11) is 0. The van der Waals surface area contributed by atoms with E-state index in [4.69, 9.17) is 4.74 Å². The second-order valence-electron chi connectivity index (χ2n) is 4.95. The Morgan fingerprint density at radius 1 is 1.00 bits per heavy atom. The molecule has 0 N–H and O–H groups in total. The van der Waals surface area contributed by atoms with Gasteiger partial charge in [0.05, 0.1) is 0 Å². The summed E-state index contributed by atoms with van der Waals surface area (Å²) in [5, 5.41) is 0. The van der Waals surface area contributed by atoms with Crippen molar-refractivity contribution in [3.63, 3.8) is 0 Å². The van der Waals surface area contributed by atoms with Gasteiger partial charge in [0.15, 0.2) is 11.9 Å². The van der Waals surface area contributed by atoms with Gasteiger partial charge in [-0.25, -0.2) is 0 Å². The van der Waals surface area contributed by atoms with Gasteiger partial charge in [0.1, 0.15) is 0 Å². The van der Waals surface area contributed by atoms with E-state index >= 15 is 0 Å². The minimum Gasteiger partial charge on any atom is -0.449 e. The molecule has 20 heavy (non-hydrogen) atoms. The van der Waals surface area contributed by atoms with E-state index in [-0.39, 0.29) is 11.8 Å². The summed E-state index contributed by atoms with van der Waals surface area (Å²) in [6, 6.07) is 9.27. The lowest BCUT2D eigenvalue weighted by Crippen LogP contribution is -2.19. The highest BCUT2D eigenvalue weighted by Gasteiger charge is 2.23. The normalized spacial score (nSPS) is 11.9. The molecular formula is C17H24O3. The highest BCUT2D eigenvalue weighted by Crippen LogP contribution is 2.22. The third kappa shape index (κ3) is 5.55. The monoisotopic (exact) mass is 276 g/mol. The van der Waals surface area contributed by atoms with Crippen molar-refractivity contribution in [2.75, 3.05) is 0 Å². The van der Waals surface area contributed by atoms with Crippen LogP contribution in [-0.2, 0) is 14.3 Å². The first-order valence-corrected chi connectivity index (χ1v) is 7.46. The largest absolute Gasteiger partial charge is 0.449 e. The van der Waals surface area contributed by atoms with Crippen LogP contribution in [0, 0.1) is 0 Å². The molecule has 0 aliphatic rings. The van der Waals surface area contributed by atoms with Crippen molar-refractivity contribution >= 4 is 11.8 Å². The molecule has 0 heterocycles. The maximum absolute atomic E-state index is 12.2. The molecule has 0 aromatic heterocycles. The highest BCUT2D eigenvalue weighted by atomic mass is 16.5. The third-order valence-electron chi connectivity index (χ3n) is 3.16. The number of Topliss-reactive ketones (excluding diaryl/α,β-unsaturated/α-hetero) is 1. The molecule has 0 spiro atoms. The van der Waals surface area contributed by atoms with E-state index in [0.717, 1.165) is 31.2 Å². The maximum Gasteiger partial charge on any atom is 0.306 e. The zero-order valence-electron chi connectivity index (χ0n) is 12.4. The zero-order chi connectivity index (χ0) is 14.8. The van der Waals surface area contributed by atoms with Crippen LogP contribution in [0.2, 0.25) is 0 Å². The van der Waals surface area contributed by atoms with Crippen molar-refractivity contribution in [2.24, 2.45) is 0 Å². The van der Waals surface area contributed by atoms with Crippen LogP contribution in [0.5, 0.6) is 0 Å². The molecule has 1 unspecified atom stereocenters. The van der Waals surface area contributed by atoms with Crippen LogP contribution in [0.15, 0.2) is 30.3 Å². The van der Waals surface area contributed by atoms with Crippen LogP contribution >= 0.6 is 0 Å². The Kier molecular flexibility index (Phi) is 7.63. The lowest BCUT2D eigenvalue weighted by molar-refractivity contribution is -0.155. The van der Waals surface area contributed by atoms with E-state index in [1.54, 1.807) is 0 Å². The first-order valence-electron chi connectivity index (χ1n) is 7.46. The van der Waals surface area contributed by atoms with Gasteiger partial charge >= 0.3 is 5.97 Å². The molecule has 3 nitrogen and oxygen atoms in total. The van der Waals surface area contributed by atoms with E-state index in [1.807, 2.05) is 44.2 Å². The van der Waals surface area contributed by atoms with Crippen LogP contribution in [0.1, 0.15) is 64.0 Å². The first-order chi connectivity index (χ1) is 9.69. The number of ketones is 1. The molecule has 0 aliphatic heterocycles. The standard InChI is InChI=1S/C17H24O3/c1-3-5-12-15(18)17(14-10-8-7-9-11-14)20-16(19)13-6-4-2/h7-11,17H,3-6,12-13H2,1-2H3. The summed E-state index contributed by atoms with van der Waals surface area (Å²) >= 11 is 0. The number of benzene rings is 1. The minimum atomic E-state index is -0.743. The van der Waals surface area contributed by atoms with Gasteiger partial charge in [0, 0.05) is 12.8 Å². The number of ether oxygens (including phenoxy) is 1. The number of hydrogen-bond acceptors (Lipinski definition) is 3. The van der Waals surface area contributed by atoms with Crippen LogP contribution in [0.3, 0.4) is 0 Å². The molecule has 1 atom stereocenters. The maximum atomic E-state index is 12.2.